The number of rotatable bonds is 1. The number of benzene rings is 2. The van der Waals surface area contributed by atoms with Crippen LogP contribution >= 0.6 is 11.8 Å². The van der Waals surface area contributed by atoms with Crippen LogP contribution in [0.5, 0.6) is 0 Å². The predicted molar refractivity (Wildman–Crippen MR) is 71.0 cm³/mol. The van der Waals surface area contributed by atoms with Crippen LogP contribution in [0.25, 0.3) is 0 Å². The third kappa shape index (κ3) is 1.63. The van der Waals surface area contributed by atoms with Gasteiger partial charge in [-0.05, 0) is 18.2 Å². The molecule has 0 radical (unpaired) electrons. The zero-order valence-electron chi connectivity index (χ0n) is 9.55. The first-order valence-corrected chi connectivity index (χ1v) is 6.36. The molecule has 1 aliphatic heterocycles. The molecular formula is C14H13NOS. The van der Waals surface area contributed by atoms with Crippen LogP contribution in [0.2, 0.25) is 0 Å². The van der Waals surface area contributed by atoms with Crippen LogP contribution in [-0.2, 0) is 6.61 Å². The lowest BCUT2D eigenvalue weighted by Gasteiger charge is -2.31. The van der Waals surface area contributed by atoms with E-state index in [4.69, 9.17) is 0 Å². The molecule has 0 saturated carbocycles. The minimum Gasteiger partial charge on any atom is -0.392 e. The van der Waals surface area contributed by atoms with Crippen LogP contribution < -0.4 is 4.90 Å². The third-order valence-corrected chi connectivity index (χ3v) is 4.15. The smallest absolute Gasteiger partial charge is 0.0702 e. The molecular weight excluding hydrogens is 230 g/mol. The zero-order chi connectivity index (χ0) is 11.8. The van der Waals surface area contributed by atoms with Crippen molar-refractivity contribution in [2.24, 2.45) is 0 Å². The van der Waals surface area contributed by atoms with Crippen LogP contribution in [0.1, 0.15) is 5.56 Å². The first-order chi connectivity index (χ1) is 8.31. The molecule has 0 aromatic heterocycles. The maximum absolute atomic E-state index is 9.42. The fourth-order valence-corrected chi connectivity index (χ4v) is 3.42. The molecule has 2 nitrogen and oxygen atoms in total. The summed E-state index contributed by atoms with van der Waals surface area (Å²) in [5, 5.41) is 9.42. The first kappa shape index (κ1) is 10.7. The fourth-order valence-electron chi connectivity index (χ4n) is 2.22. The van der Waals surface area contributed by atoms with Crippen molar-refractivity contribution in [3.63, 3.8) is 0 Å². The third-order valence-electron chi connectivity index (χ3n) is 3.03. The van der Waals surface area contributed by atoms with Gasteiger partial charge in [-0.3, -0.25) is 0 Å². The summed E-state index contributed by atoms with van der Waals surface area (Å²) in [6.45, 7) is 0.0796. The molecule has 0 fully saturated rings. The lowest BCUT2D eigenvalue weighted by molar-refractivity contribution is 0.282. The van der Waals surface area contributed by atoms with E-state index in [2.05, 4.69) is 36.2 Å². The van der Waals surface area contributed by atoms with Gasteiger partial charge >= 0.3 is 0 Å². The van der Waals surface area contributed by atoms with Crippen molar-refractivity contribution in [2.75, 3.05) is 11.9 Å². The van der Waals surface area contributed by atoms with Crippen LogP contribution in [0.3, 0.4) is 0 Å². The molecule has 1 N–H and O–H groups in total. The highest BCUT2D eigenvalue weighted by molar-refractivity contribution is 7.99. The molecule has 0 atom stereocenters. The van der Waals surface area contributed by atoms with Crippen molar-refractivity contribution < 1.29 is 5.11 Å². The lowest BCUT2D eigenvalue weighted by Crippen LogP contribution is -2.16. The van der Waals surface area contributed by atoms with Gasteiger partial charge in [0.25, 0.3) is 0 Å². The molecule has 3 heteroatoms. The summed E-state index contributed by atoms with van der Waals surface area (Å²) in [6.07, 6.45) is 0. The molecule has 17 heavy (non-hydrogen) atoms. The van der Waals surface area contributed by atoms with E-state index in [9.17, 15) is 5.11 Å². The quantitative estimate of drug-likeness (QED) is 0.830. The van der Waals surface area contributed by atoms with E-state index in [1.165, 1.54) is 15.5 Å². The van der Waals surface area contributed by atoms with E-state index in [0.717, 1.165) is 11.3 Å². The number of hydrogen-bond donors (Lipinski definition) is 1. The molecule has 86 valence electrons. The molecule has 0 aliphatic carbocycles. The van der Waals surface area contributed by atoms with Crippen molar-refractivity contribution in [3.05, 3.63) is 48.0 Å². The summed E-state index contributed by atoms with van der Waals surface area (Å²) in [4.78, 5) is 4.63. The Morgan fingerprint density at radius 2 is 1.82 bits per heavy atom. The molecule has 1 aliphatic rings. The Morgan fingerprint density at radius 1 is 1.06 bits per heavy atom. The zero-order valence-corrected chi connectivity index (χ0v) is 10.4. The highest BCUT2D eigenvalue weighted by Gasteiger charge is 2.22. The van der Waals surface area contributed by atoms with Crippen molar-refractivity contribution >= 4 is 23.1 Å². The van der Waals surface area contributed by atoms with Crippen LogP contribution in [0.4, 0.5) is 11.4 Å². The second kappa shape index (κ2) is 4.09. The highest BCUT2D eigenvalue weighted by atomic mass is 32.2. The highest BCUT2D eigenvalue weighted by Crippen LogP contribution is 2.48. The Bertz CT molecular complexity index is 568. The van der Waals surface area contributed by atoms with Gasteiger partial charge in [-0.2, -0.15) is 0 Å². The fraction of sp³-hybridized carbons (Fsp3) is 0.143. The maximum atomic E-state index is 9.42. The van der Waals surface area contributed by atoms with Gasteiger partial charge in [-0.15, -0.1) is 0 Å². The maximum Gasteiger partial charge on any atom is 0.0702 e. The standard InChI is InChI=1S/C14H13NOS/c1-15-11-6-2-3-7-12(11)17-13-8-4-5-10(9-16)14(13)15/h2-8,16H,9H2,1H3. The number of para-hydroxylation sites is 2. The van der Waals surface area contributed by atoms with Gasteiger partial charge in [0.1, 0.15) is 0 Å². The molecule has 0 unspecified atom stereocenters. The number of nitrogens with zero attached hydrogens (tertiary/aromatic N) is 1. The molecule has 0 spiro atoms. The van der Waals surface area contributed by atoms with Crippen molar-refractivity contribution in [1.82, 2.24) is 0 Å². The van der Waals surface area contributed by atoms with E-state index < -0.39 is 0 Å². The van der Waals surface area contributed by atoms with Gasteiger partial charge < -0.3 is 10.0 Å². The van der Waals surface area contributed by atoms with Gasteiger partial charge in [0, 0.05) is 22.4 Å². The Kier molecular flexibility index (Phi) is 2.57. The minimum atomic E-state index is 0.0796. The number of hydrogen-bond acceptors (Lipinski definition) is 3. The molecule has 3 rings (SSSR count). The second-order valence-corrected chi connectivity index (χ2v) is 5.13. The van der Waals surface area contributed by atoms with E-state index in [0.29, 0.717) is 0 Å². The Labute approximate surface area is 105 Å². The topological polar surface area (TPSA) is 23.5 Å². The summed E-state index contributed by atoms with van der Waals surface area (Å²) in [6, 6.07) is 14.4. The average molecular weight is 243 g/mol. The van der Waals surface area contributed by atoms with Crippen LogP contribution in [-0.4, -0.2) is 12.2 Å². The molecule has 0 amide bonds. The Hall–Kier alpha value is -1.45. The van der Waals surface area contributed by atoms with Gasteiger partial charge in [-0.25, -0.2) is 0 Å². The molecule has 1 heterocycles. The molecule has 2 aromatic rings. The molecule has 0 bridgehead atoms. The van der Waals surface area contributed by atoms with Crippen molar-refractivity contribution in [3.8, 4) is 0 Å². The number of aliphatic hydroxyl groups excluding tert-OH is 1. The summed E-state index contributed by atoms with van der Waals surface area (Å²) in [7, 11) is 2.05. The van der Waals surface area contributed by atoms with Gasteiger partial charge in [-0.1, -0.05) is 36.0 Å². The Morgan fingerprint density at radius 3 is 2.65 bits per heavy atom. The van der Waals surface area contributed by atoms with Crippen molar-refractivity contribution in [2.45, 2.75) is 16.4 Å². The number of anilines is 2. The monoisotopic (exact) mass is 243 g/mol. The normalized spacial score (nSPS) is 13.2. The minimum absolute atomic E-state index is 0.0796. The number of aliphatic hydroxyl groups is 1. The predicted octanol–water partition coefficient (Wildman–Crippen LogP) is 3.41. The SMILES string of the molecule is CN1c2ccccc2Sc2cccc(CO)c21. The van der Waals surface area contributed by atoms with E-state index >= 15 is 0 Å². The van der Waals surface area contributed by atoms with Gasteiger partial charge in [0.05, 0.1) is 18.0 Å². The lowest BCUT2D eigenvalue weighted by atomic mass is 10.1. The van der Waals surface area contributed by atoms with Crippen LogP contribution in [0.15, 0.2) is 52.3 Å². The summed E-state index contributed by atoms with van der Waals surface area (Å²) >= 11 is 1.76. The second-order valence-electron chi connectivity index (χ2n) is 4.05. The number of fused-ring (bicyclic) bond motifs is 2. The first-order valence-electron chi connectivity index (χ1n) is 5.54. The van der Waals surface area contributed by atoms with Crippen molar-refractivity contribution in [1.29, 1.82) is 0 Å². The molecule has 0 saturated heterocycles. The summed E-state index contributed by atoms with van der Waals surface area (Å²) in [5.74, 6) is 0. The van der Waals surface area contributed by atoms with E-state index in [1.54, 1.807) is 11.8 Å². The largest absolute Gasteiger partial charge is 0.392 e. The van der Waals surface area contributed by atoms with Gasteiger partial charge in [0.2, 0.25) is 0 Å². The van der Waals surface area contributed by atoms with Crippen LogP contribution in [0, 0.1) is 0 Å². The average Bonchev–Trinajstić information content (AvgIpc) is 2.38. The Balaban J connectivity index is 2.20. The summed E-state index contributed by atoms with van der Waals surface area (Å²) in [5.41, 5.74) is 3.30. The molecule has 2 aromatic carbocycles. The van der Waals surface area contributed by atoms with E-state index in [-0.39, 0.29) is 6.61 Å². The summed E-state index contributed by atoms with van der Waals surface area (Å²) < 4.78 is 0. The van der Waals surface area contributed by atoms with E-state index in [1.807, 2.05) is 18.2 Å². The van der Waals surface area contributed by atoms with Gasteiger partial charge in [0.15, 0.2) is 0 Å².